The molecule has 8 nitrogen and oxygen atoms in total. The van der Waals surface area contributed by atoms with E-state index in [1.54, 1.807) is 36.3 Å². The number of hydrogen-bond acceptors (Lipinski definition) is 7. The van der Waals surface area contributed by atoms with Crippen molar-refractivity contribution in [2.24, 2.45) is 5.92 Å². The van der Waals surface area contributed by atoms with E-state index in [-0.39, 0.29) is 6.09 Å². The number of nitrogens with one attached hydrogen (secondary N) is 1. The molecule has 0 saturated carbocycles. The highest BCUT2D eigenvalue weighted by atomic mass is 79.9. The van der Waals surface area contributed by atoms with Crippen molar-refractivity contribution in [2.75, 3.05) is 38.0 Å². The maximum Gasteiger partial charge on any atom is 0.410 e. The van der Waals surface area contributed by atoms with Crippen LogP contribution in [0.1, 0.15) is 47.5 Å². The van der Waals surface area contributed by atoms with Crippen LogP contribution in [0.2, 0.25) is 0 Å². The van der Waals surface area contributed by atoms with E-state index in [4.69, 9.17) is 14.2 Å². The van der Waals surface area contributed by atoms with Crippen LogP contribution in [0.25, 0.3) is 10.9 Å². The molecule has 220 valence electrons. The summed E-state index contributed by atoms with van der Waals surface area (Å²) in [6.07, 6.45) is 2.79. The van der Waals surface area contributed by atoms with Crippen molar-refractivity contribution in [3.05, 3.63) is 46.9 Å². The van der Waals surface area contributed by atoms with Gasteiger partial charge in [0, 0.05) is 29.0 Å². The number of carbonyl (C=O) groups is 1. The third-order valence-corrected chi connectivity index (χ3v) is 6.34. The third kappa shape index (κ3) is 9.47. The van der Waals surface area contributed by atoms with Gasteiger partial charge in [-0.2, -0.15) is 0 Å². The van der Waals surface area contributed by atoms with E-state index in [1.807, 2.05) is 40.5 Å². The van der Waals surface area contributed by atoms with Gasteiger partial charge in [-0.05, 0) is 69.6 Å². The van der Waals surface area contributed by atoms with Crippen molar-refractivity contribution in [3.8, 4) is 11.5 Å². The van der Waals surface area contributed by atoms with Gasteiger partial charge in [-0.3, -0.25) is 0 Å². The second kappa shape index (κ2) is 16.0. The second-order valence-corrected chi connectivity index (χ2v) is 10.6. The number of carbonyl (C=O) groups excluding carboxylic acids is 1. The molecule has 0 bridgehead atoms. The molecule has 1 amide bonds. The summed E-state index contributed by atoms with van der Waals surface area (Å²) in [5, 5.41) is 3.71. The fourth-order valence-corrected chi connectivity index (χ4v) is 4.30. The van der Waals surface area contributed by atoms with Gasteiger partial charge in [0.1, 0.15) is 23.6 Å². The molecular formula is C29H39Br2FN4O4. The van der Waals surface area contributed by atoms with Gasteiger partial charge in [0.05, 0.1) is 24.9 Å². The molecule has 0 radical (unpaired) electrons. The molecule has 1 aliphatic heterocycles. The number of rotatable bonds is 6. The van der Waals surface area contributed by atoms with Crippen molar-refractivity contribution in [3.63, 3.8) is 0 Å². The summed E-state index contributed by atoms with van der Waals surface area (Å²) in [6.45, 7) is 11.4. The molecule has 0 aliphatic carbocycles. The van der Waals surface area contributed by atoms with E-state index in [2.05, 4.69) is 47.1 Å². The lowest BCUT2D eigenvalue weighted by atomic mass is 9.98. The number of likely N-dealkylation sites (tertiary alicyclic amines) is 1. The maximum absolute atomic E-state index is 14.4. The average molecular weight is 686 g/mol. The van der Waals surface area contributed by atoms with Crippen LogP contribution in [-0.2, 0) is 4.74 Å². The van der Waals surface area contributed by atoms with E-state index < -0.39 is 11.4 Å². The van der Waals surface area contributed by atoms with E-state index in [9.17, 15) is 9.18 Å². The average Bonchev–Trinajstić information content (AvgIpc) is 2.94. The molecule has 3 aromatic rings. The number of amides is 1. The highest BCUT2D eigenvalue weighted by Crippen LogP contribution is 2.36. The molecule has 1 saturated heterocycles. The smallest absolute Gasteiger partial charge is 0.410 e. The SMILES string of the molecule is CBr.CC.COc1cc2c(Nc3ccc(Br)cc3F)ncnc2cc1OCC1CCN(C(=O)OC(C)(C)C)CC1. The molecule has 1 aliphatic rings. The van der Waals surface area contributed by atoms with Crippen LogP contribution in [0.15, 0.2) is 41.1 Å². The number of anilines is 2. The molecule has 40 heavy (non-hydrogen) atoms. The van der Waals surface area contributed by atoms with Crippen LogP contribution in [0.4, 0.5) is 20.7 Å². The molecule has 4 rings (SSSR count). The summed E-state index contributed by atoms with van der Waals surface area (Å²) in [6, 6.07) is 8.36. The zero-order chi connectivity index (χ0) is 29.9. The Morgan fingerprint density at radius 1 is 1.10 bits per heavy atom. The first-order valence-electron chi connectivity index (χ1n) is 13.2. The Morgan fingerprint density at radius 3 is 2.38 bits per heavy atom. The Hall–Kier alpha value is -2.66. The largest absolute Gasteiger partial charge is 0.493 e. The first kappa shape index (κ1) is 33.5. The predicted octanol–water partition coefficient (Wildman–Crippen LogP) is 8.35. The van der Waals surface area contributed by atoms with Crippen LogP contribution in [0, 0.1) is 11.7 Å². The topological polar surface area (TPSA) is 85.8 Å². The molecule has 0 unspecified atom stereocenters. The first-order chi connectivity index (χ1) is 19.1. The zero-order valence-corrected chi connectivity index (χ0v) is 27.4. The van der Waals surface area contributed by atoms with E-state index in [1.165, 1.54) is 12.4 Å². The number of fused-ring (bicyclic) bond motifs is 1. The summed E-state index contributed by atoms with van der Waals surface area (Å²) in [5.41, 5.74) is 0.436. The van der Waals surface area contributed by atoms with Crippen molar-refractivity contribution >= 4 is 60.4 Å². The Labute approximate surface area is 253 Å². The number of aromatic nitrogens is 2. The number of methoxy groups -OCH3 is 1. The Morgan fingerprint density at radius 2 is 1.77 bits per heavy atom. The normalized spacial score (nSPS) is 13.4. The van der Waals surface area contributed by atoms with Crippen LogP contribution in [-0.4, -0.2) is 59.2 Å². The molecule has 1 N–H and O–H groups in total. The number of benzene rings is 2. The predicted molar refractivity (Wildman–Crippen MR) is 166 cm³/mol. The summed E-state index contributed by atoms with van der Waals surface area (Å²) in [5.74, 6) is 3.27. The van der Waals surface area contributed by atoms with Gasteiger partial charge in [-0.15, -0.1) is 0 Å². The summed E-state index contributed by atoms with van der Waals surface area (Å²) in [7, 11) is 1.57. The number of alkyl halides is 1. The number of halogens is 3. The molecule has 2 aromatic carbocycles. The number of hydrogen-bond donors (Lipinski definition) is 1. The summed E-state index contributed by atoms with van der Waals surface area (Å²) < 4.78 is 32.2. The van der Waals surface area contributed by atoms with E-state index >= 15 is 0 Å². The molecule has 0 spiro atoms. The lowest BCUT2D eigenvalue weighted by Gasteiger charge is -2.33. The highest BCUT2D eigenvalue weighted by molar-refractivity contribution is 9.10. The summed E-state index contributed by atoms with van der Waals surface area (Å²) >= 11 is 6.20. The lowest BCUT2D eigenvalue weighted by molar-refractivity contribution is 0.0164. The molecule has 1 aromatic heterocycles. The fraction of sp³-hybridized carbons (Fsp3) is 0.483. The van der Waals surface area contributed by atoms with Crippen molar-refractivity contribution < 1.29 is 23.4 Å². The van der Waals surface area contributed by atoms with Gasteiger partial charge < -0.3 is 24.4 Å². The monoisotopic (exact) mass is 684 g/mol. The van der Waals surface area contributed by atoms with Crippen LogP contribution < -0.4 is 14.8 Å². The van der Waals surface area contributed by atoms with Crippen LogP contribution in [0.3, 0.4) is 0 Å². The Kier molecular flexibility index (Phi) is 13.4. The highest BCUT2D eigenvalue weighted by Gasteiger charge is 2.27. The van der Waals surface area contributed by atoms with Gasteiger partial charge in [0.15, 0.2) is 11.5 Å². The molecule has 2 heterocycles. The van der Waals surface area contributed by atoms with Gasteiger partial charge in [-0.25, -0.2) is 19.2 Å². The quantitative estimate of drug-likeness (QED) is 0.261. The molecule has 0 atom stereocenters. The minimum atomic E-state index is -0.505. The van der Waals surface area contributed by atoms with Gasteiger partial charge >= 0.3 is 6.09 Å². The molecule has 11 heteroatoms. The zero-order valence-electron chi connectivity index (χ0n) is 24.2. The van der Waals surface area contributed by atoms with Gasteiger partial charge in [-0.1, -0.05) is 45.7 Å². The standard InChI is InChI=1S/C26H30BrFN4O4.C2H6.CH3Br/c1-26(2,3)36-25(33)32-9-7-16(8-10-32)14-35-23-13-21-18(12-22(23)34-4)24(30-15-29-21)31-20-6-5-17(27)11-19(20)28;2*1-2/h5-6,11-13,15-16H,7-10,14H2,1-4H3,(H,29,30,31);1-2H3;1H3. The Bertz CT molecular complexity index is 1250. The first-order valence-corrected chi connectivity index (χ1v) is 15.5. The molecule has 1 fully saturated rings. The van der Waals surface area contributed by atoms with Crippen LogP contribution in [0.5, 0.6) is 11.5 Å². The van der Waals surface area contributed by atoms with E-state index in [0.29, 0.717) is 64.0 Å². The van der Waals surface area contributed by atoms with Crippen LogP contribution >= 0.6 is 31.9 Å². The van der Waals surface area contributed by atoms with Gasteiger partial charge in [0.25, 0.3) is 0 Å². The van der Waals surface area contributed by atoms with Crippen molar-refractivity contribution in [1.82, 2.24) is 14.9 Å². The van der Waals surface area contributed by atoms with Crippen molar-refractivity contribution in [1.29, 1.82) is 0 Å². The van der Waals surface area contributed by atoms with E-state index in [0.717, 1.165) is 12.8 Å². The number of nitrogens with zero attached hydrogens (tertiary/aromatic N) is 3. The third-order valence-electron chi connectivity index (χ3n) is 5.85. The van der Waals surface area contributed by atoms with Crippen molar-refractivity contribution in [2.45, 2.75) is 53.1 Å². The lowest BCUT2D eigenvalue weighted by Crippen LogP contribution is -2.42. The fourth-order valence-electron chi connectivity index (χ4n) is 3.97. The van der Waals surface area contributed by atoms with Gasteiger partial charge in [0.2, 0.25) is 0 Å². The summed E-state index contributed by atoms with van der Waals surface area (Å²) in [4.78, 5) is 22.7. The minimum Gasteiger partial charge on any atom is -0.493 e. The number of ether oxygens (including phenoxy) is 3. The minimum absolute atomic E-state index is 0.273. The second-order valence-electron chi connectivity index (χ2n) is 9.71. The molecular weight excluding hydrogens is 647 g/mol. The number of piperidine rings is 1. The Balaban J connectivity index is 0.00000134. The maximum atomic E-state index is 14.4.